The average molecular weight is 122 g/mol. The summed E-state index contributed by atoms with van der Waals surface area (Å²) in [5, 5.41) is 5.27. The standard InChI is InChI=1S/C6H7N3/c7-6(8)5-2-1-3-9-4-5/h1-4H,(H3,7,8)/p+1. The molecule has 46 valence electrons. The van der Waals surface area contributed by atoms with E-state index < -0.39 is 0 Å². The second-order valence-corrected chi connectivity index (χ2v) is 1.70. The number of nitrogens with zero attached hydrogens (tertiary/aromatic N) is 1. The summed E-state index contributed by atoms with van der Waals surface area (Å²) >= 11 is 0. The van der Waals surface area contributed by atoms with Gasteiger partial charge in [0.1, 0.15) is 0 Å². The van der Waals surface area contributed by atoms with Crippen molar-refractivity contribution < 1.29 is 5.41 Å². The lowest BCUT2D eigenvalue weighted by molar-refractivity contribution is -0.114. The number of hydrogen-bond acceptors (Lipinski definition) is 1. The van der Waals surface area contributed by atoms with Crippen molar-refractivity contribution in [2.24, 2.45) is 5.73 Å². The van der Waals surface area contributed by atoms with Crippen LogP contribution < -0.4 is 11.1 Å². The van der Waals surface area contributed by atoms with Gasteiger partial charge in [0.2, 0.25) is 0 Å². The first-order valence-electron chi connectivity index (χ1n) is 2.59. The first kappa shape index (κ1) is 5.75. The van der Waals surface area contributed by atoms with Gasteiger partial charge < -0.3 is 0 Å². The fraction of sp³-hybridized carbons (Fsp3) is 0. The summed E-state index contributed by atoms with van der Waals surface area (Å²) in [4.78, 5) is 3.83. The van der Waals surface area contributed by atoms with E-state index in [1.807, 2.05) is 6.07 Å². The third-order valence-corrected chi connectivity index (χ3v) is 0.995. The number of rotatable bonds is 1. The summed E-state index contributed by atoms with van der Waals surface area (Å²) in [6.45, 7) is 0. The second-order valence-electron chi connectivity index (χ2n) is 1.70. The predicted molar refractivity (Wildman–Crippen MR) is 34.5 cm³/mol. The van der Waals surface area contributed by atoms with Crippen molar-refractivity contribution >= 4 is 5.84 Å². The zero-order valence-electron chi connectivity index (χ0n) is 4.91. The molecule has 0 aliphatic heterocycles. The third-order valence-electron chi connectivity index (χ3n) is 0.995. The molecule has 0 radical (unpaired) electrons. The molecule has 0 saturated carbocycles. The van der Waals surface area contributed by atoms with Crippen LogP contribution in [0, 0.1) is 0 Å². The van der Waals surface area contributed by atoms with E-state index >= 15 is 0 Å². The van der Waals surface area contributed by atoms with Gasteiger partial charge in [-0.05, 0) is 12.1 Å². The van der Waals surface area contributed by atoms with Crippen LogP contribution >= 0.6 is 0 Å². The lowest BCUT2D eigenvalue weighted by Gasteiger charge is -1.87. The Hall–Kier alpha value is -1.38. The first-order valence-corrected chi connectivity index (χ1v) is 2.59. The van der Waals surface area contributed by atoms with Gasteiger partial charge in [0, 0.05) is 12.4 Å². The van der Waals surface area contributed by atoms with Crippen LogP contribution in [-0.4, -0.2) is 10.8 Å². The van der Waals surface area contributed by atoms with Crippen molar-refractivity contribution in [2.75, 3.05) is 0 Å². The molecule has 0 aliphatic rings. The van der Waals surface area contributed by atoms with Gasteiger partial charge in [0.15, 0.2) is 0 Å². The van der Waals surface area contributed by atoms with Crippen LogP contribution in [0.1, 0.15) is 5.56 Å². The van der Waals surface area contributed by atoms with Crippen LogP contribution in [0.2, 0.25) is 0 Å². The molecule has 0 aromatic carbocycles. The second kappa shape index (κ2) is 2.26. The number of amidine groups is 1. The first-order chi connectivity index (χ1) is 4.30. The molecule has 0 unspecified atom stereocenters. The minimum Gasteiger partial charge on any atom is -0.287 e. The van der Waals surface area contributed by atoms with Crippen LogP contribution in [0.5, 0.6) is 0 Å². The highest BCUT2D eigenvalue weighted by atomic mass is 14.7. The summed E-state index contributed by atoms with van der Waals surface area (Å²) in [6.07, 6.45) is 3.29. The Balaban J connectivity index is 2.98. The molecular formula is C6H8N3+. The highest BCUT2D eigenvalue weighted by Crippen LogP contribution is 1.89. The van der Waals surface area contributed by atoms with Gasteiger partial charge in [-0.1, -0.05) is 0 Å². The Bertz CT molecular complexity index is 205. The summed E-state index contributed by atoms with van der Waals surface area (Å²) < 4.78 is 0. The van der Waals surface area contributed by atoms with E-state index in [0.717, 1.165) is 5.56 Å². The Morgan fingerprint density at radius 3 is 2.78 bits per heavy atom. The third kappa shape index (κ3) is 1.25. The number of pyridine rings is 1. The van der Waals surface area contributed by atoms with Crippen LogP contribution in [0.4, 0.5) is 0 Å². The van der Waals surface area contributed by atoms with E-state index in [4.69, 9.17) is 11.1 Å². The Morgan fingerprint density at radius 2 is 2.44 bits per heavy atom. The molecule has 4 N–H and O–H groups in total. The van der Waals surface area contributed by atoms with E-state index in [2.05, 4.69) is 4.98 Å². The molecule has 1 rings (SSSR count). The average Bonchev–Trinajstić information content (AvgIpc) is 1.90. The summed E-state index contributed by atoms with van der Waals surface area (Å²) in [5.74, 6) is 0.308. The molecule has 3 nitrogen and oxygen atoms in total. The number of aromatic nitrogens is 1. The molecule has 0 aliphatic carbocycles. The van der Waals surface area contributed by atoms with Gasteiger partial charge in [0.05, 0.1) is 5.56 Å². The lowest BCUT2D eigenvalue weighted by Crippen LogP contribution is -2.46. The quantitative estimate of drug-likeness (QED) is 0.353. The predicted octanol–water partition coefficient (Wildman–Crippen LogP) is -1.45. The van der Waals surface area contributed by atoms with Crippen molar-refractivity contribution in [3.05, 3.63) is 30.1 Å². The zero-order valence-corrected chi connectivity index (χ0v) is 4.91. The molecule has 9 heavy (non-hydrogen) atoms. The molecule has 0 amide bonds. The maximum Gasteiger partial charge on any atom is 0.272 e. The number of nitrogens with two attached hydrogens (primary N) is 2. The van der Waals surface area contributed by atoms with Crippen molar-refractivity contribution in [2.45, 2.75) is 0 Å². The van der Waals surface area contributed by atoms with Crippen molar-refractivity contribution in [1.82, 2.24) is 4.98 Å². The van der Waals surface area contributed by atoms with Crippen molar-refractivity contribution in [3.8, 4) is 0 Å². The Kier molecular flexibility index (Phi) is 1.44. The summed E-state index contributed by atoms with van der Waals surface area (Å²) in [5.41, 5.74) is 6.04. The van der Waals surface area contributed by atoms with Crippen LogP contribution in [0.25, 0.3) is 0 Å². The molecule has 1 heterocycles. The van der Waals surface area contributed by atoms with Gasteiger partial charge in [-0.15, -0.1) is 0 Å². The monoisotopic (exact) mass is 122 g/mol. The molecular weight excluding hydrogens is 114 g/mol. The van der Waals surface area contributed by atoms with Gasteiger partial charge in [-0.2, -0.15) is 0 Å². The molecule has 0 bridgehead atoms. The van der Waals surface area contributed by atoms with Gasteiger partial charge in [0.25, 0.3) is 5.84 Å². The minimum atomic E-state index is 0.308. The van der Waals surface area contributed by atoms with Gasteiger partial charge in [-0.3, -0.25) is 16.1 Å². The minimum absolute atomic E-state index is 0.308. The van der Waals surface area contributed by atoms with Gasteiger partial charge >= 0.3 is 0 Å². The topological polar surface area (TPSA) is 64.5 Å². The molecule has 0 spiro atoms. The highest BCUT2D eigenvalue weighted by molar-refractivity contribution is 5.92. The van der Waals surface area contributed by atoms with E-state index in [1.165, 1.54) is 0 Å². The van der Waals surface area contributed by atoms with E-state index in [1.54, 1.807) is 18.5 Å². The molecule has 0 saturated heterocycles. The van der Waals surface area contributed by atoms with Crippen LogP contribution in [0.15, 0.2) is 24.5 Å². The molecule has 0 atom stereocenters. The fourth-order valence-electron chi connectivity index (χ4n) is 0.534. The summed E-state index contributed by atoms with van der Waals surface area (Å²) in [7, 11) is 0. The SMILES string of the molecule is NC(=[NH2+])c1cccnc1. The fourth-order valence-corrected chi connectivity index (χ4v) is 0.534. The normalized spacial score (nSPS) is 8.89. The van der Waals surface area contributed by atoms with Crippen molar-refractivity contribution in [3.63, 3.8) is 0 Å². The van der Waals surface area contributed by atoms with Crippen LogP contribution in [-0.2, 0) is 0 Å². The summed E-state index contributed by atoms with van der Waals surface area (Å²) in [6, 6.07) is 3.59. The van der Waals surface area contributed by atoms with E-state index in [0.29, 0.717) is 5.84 Å². The number of hydrogen-bond donors (Lipinski definition) is 2. The molecule has 1 aromatic heterocycles. The van der Waals surface area contributed by atoms with E-state index in [9.17, 15) is 0 Å². The maximum atomic E-state index is 5.27. The Labute approximate surface area is 53.0 Å². The van der Waals surface area contributed by atoms with Crippen molar-refractivity contribution in [1.29, 1.82) is 0 Å². The maximum absolute atomic E-state index is 5.27. The van der Waals surface area contributed by atoms with E-state index in [-0.39, 0.29) is 0 Å². The largest absolute Gasteiger partial charge is 0.287 e. The smallest absolute Gasteiger partial charge is 0.272 e. The van der Waals surface area contributed by atoms with Crippen LogP contribution in [0.3, 0.4) is 0 Å². The zero-order chi connectivity index (χ0) is 6.69. The molecule has 3 heteroatoms. The van der Waals surface area contributed by atoms with Gasteiger partial charge in [-0.25, -0.2) is 0 Å². The molecule has 0 fully saturated rings. The Morgan fingerprint density at radius 1 is 1.67 bits per heavy atom. The lowest BCUT2D eigenvalue weighted by atomic mass is 10.3. The molecule has 1 aromatic rings. The highest BCUT2D eigenvalue weighted by Gasteiger charge is 1.96.